The molecule has 0 aromatic heterocycles. The van der Waals surface area contributed by atoms with E-state index in [0.717, 1.165) is 0 Å². The average Bonchev–Trinajstić information content (AvgIpc) is 3.17. The van der Waals surface area contributed by atoms with Crippen molar-refractivity contribution in [2.75, 3.05) is 0 Å². The highest BCUT2D eigenvalue weighted by atomic mass is 19.1. The molecule has 92 valence electrons. The summed E-state index contributed by atoms with van der Waals surface area (Å²) < 4.78 is 18.1. The maximum Gasteiger partial charge on any atom is 0.227 e. The number of halogens is 1. The topological polar surface area (TPSA) is 110 Å². The summed E-state index contributed by atoms with van der Waals surface area (Å²) in [5.74, 6) is -0.412. The minimum atomic E-state index is -1.52. The molecule has 1 aliphatic heterocycles. The summed E-state index contributed by atoms with van der Waals surface area (Å²) in [5.41, 5.74) is 4.13. The van der Waals surface area contributed by atoms with Crippen LogP contribution >= 0.6 is 0 Å². The van der Waals surface area contributed by atoms with Crippen LogP contribution in [0.2, 0.25) is 0 Å². The molecule has 0 spiro atoms. The lowest BCUT2D eigenvalue weighted by Gasteiger charge is -2.04. The first-order chi connectivity index (χ1) is 9.08. The van der Waals surface area contributed by atoms with Gasteiger partial charge in [-0.05, 0) is 17.7 Å². The third kappa shape index (κ3) is 1.89. The third-order valence-corrected chi connectivity index (χ3v) is 2.85. The fraction of sp³-hybridized carbons (Fsp3) is 0.154. The maximum atomic E-state index is 12.8. The van der Waals surface area contributed by atoms with E-state index in [0.29, 0.717) is 5.56 Å². The standard InChI is InChI=1S/C13H7FN4O/c14-10-3-1-8(2-4-10)12-13(7-17,19-12)11(18)9(5-15)6-16/h1-4,12H,18H2/t12-,13+/m0/s1. The normalized spacial score (nSPS) is 23.6. The Kier molecular flexibility index (Phi) is 2.92. The van der Waals surface area contributed by atoms with E-state index in [1.807, 2.05) is 6.07 Å². The molecule has 1 aromatic rings. The van der Waals surface area contributed by atoms with E-state index in [2.05, 4.69) is 0 Å². The molecule has 19 heavy (non-hydrogen) atoms. The lowest BCUT2D eigenvalue weighted by molar-refractivity contribution is 0.356. The van der Waals surface area contributed by atoms with Crippen LogP contribution in [0.3, 0.4) is 0 Å². The quantitative estimate of drug-likeness (QED) is 0.633. The van der Waals surface area contributed by atoms with Crippen LogP contribution in [0.1, 0.15) is 11.7 Å². The van der Waals surface area contributed by atoms with Gasteiger partial charge < -0.3 is 10.5 Å². The van der Waals surface area contributed by atoms with Gasteiger partial charge in [-0.15, -0.1) is 0 Å². The number of nitrogens with two attached hydrogens (primary N) is 1. The average molecular weight is 254 g/mol. The number of rotatable bonds is 2. The lowest BCUT2D eigenvalue weighted by atomic mass is 9.95. The van der Waals surface area contributed by atoms with E-state index in [4.69, 9.17) is 21.0 Å². The minimum Gasteiger partial charge on any atom is -0.397 e. The van der Waals surface area contributed by atoms with Crippen molar-refractivity contribution in [3.8, 4) is 18.2 Å². The fourth-order valence-electron chi connectivity index (χ4n) is 1.77. The SMILES string of the molecule is N#CC(C#N)=C(N)[C@@]1(C#N)O[C@H]1c1ccc(F)cc1. The van der Waals surface area contributed by atoms with E-state index in [1.165, 1.54) is 24.3 Å². The van der Waals surface area contributed by atoms with Crippen molar-refractivity contribution >= 4 is 0 Å². The summed E-state index contributed by atoms with van der Waals surface area (Å²) in [5, 5.41) is 26.7. The van der Waals surface area contributed by atoms with Crippen molar-refractivity contribution in [3.05, 3.63) is 46.9 Å². The molecule has 2 atom stereocenters. The molecule has 0 radical (unpaired) electrons. The zero-order valence-electron chi connectivity index (χ0n) is 9.59. The lowest BCUT2D eigenvalue weighted by Crippen LogP contribution is -2.22. The van der Waals surface area contributed by atoms with Crippen LogP contribution in [0, 0.1) is 39.8 Å². The van der Waals surface area contributed by atoms with E-state index in [9.17, 15) is 9.65 Å². The Morgan fingerprint density at radius 1 is 1.21 bits per heavy atom. The summed E-state index contributed by atoms with van der Waals surface area (Å²) in [7, 11) is 0. The molecule has 1 saturated heterocycles. The molecule has 0 saturated carbocycles. The second-order valence-corrected chi connectivity index (χ2v) is 3.91. The van der Waals surface area contributed by atoms with Gasteiger partial charge in [-0.2, -0.15) is 15.8 Å². The van der Waals surface area contributed by atoms with Gasteiger partial charge in [-0.25, -0.2) is 4.39 Å². The number of hydrogen-bond donors (Lipinski definition) is 1. The number of benzene rings is 1. The van der Waals surface area contributed by atoms with Gasteiger partial charge in [-0.1, -0.05) is 12.1 Å². The zero-order chi connectivity index (χ0) is 14.0. The highest BCUT2D eigenvalue weighted by Crippen LogP contribution is 2.52. The van der Waals surface area contributed by atoms with E-state index >= 15 is 0 Å². The van der Waals surface area contributed by atoms with E-state index < -0.39 is 17.5 Å². The summed E-state index contributed by atoms with van der Waals surface area (Å²) in [6.45, 7) is 0. The van der Waals surface area contributed by atoms with Gasteiger partial charge in [-0.3, -0.25) is 0 Å². The minimum absolute atomic E-state index is 0.214. The Balaban J connectivity index is 2.40. The van der Waals surface area contributed by atoms with Gasteiger partial charge in [0, 0.05) is 0 Å². The second kappa shape index (κ2) is 4.42. The molecule has 0 amide bonds. The first-order valence-electron chi connectivity index (χ1n) is 5.24. The number of nitriles is 3. The van der Waals surface area contributed by atoms with Crippen molar-refractivity contribution in [1.29, 1.82) is 15.8 Å². The summed E-state index contributed by atoms with van der Waals surface area (Å²) in [6.07, 6.45) is -0.699. The summed E-state index contributed by atoms with van der Waals surface area (Å²) in [6, 6.07) is 10.5. The van der Waals surface area contributed by atoms with Crippen LogP contribution in [0.25, 0.3) is 0 Å². The summed E-state index contributed by atoms with van der Waals surface area (Å²) >= 11 is 0. The molecule has 1 aliphatic rings. The number of hydrogen-bond acceptors (Lipinski definition) is 5. The van der Waals surface area contributed by atoms with Gasteiger partial charge >= 0.3 is 0 Å². The molecule has 0 unspecified atom stereocenters. The second-order valence-electron chi connectivity index (χ2n) is 3.91. The highest BCUT2D eigenvalue weighted by molar-refractivity contribution is 5.51. The highest BCUT2D eigenvalue weighted by Gasteiger charge is 2.61. The monoisotopic (exact) mass is 254 g/mol. The Hall–Kier alpha value is -2.88. The van der Waals surface area contributed by atoms with Crippen molar-refractivity contribution < 1.29 is 9.13 Å². The Morgan fingerprint density at radius 2 is 1.79 bits per heavy atom. The van der Waals surface area contributed by atoms with Crippen molar-refractivity contribution in [1.82, 2.24) is 0 Å². The van der Waals surface area contributed by atoms with Crippen LogP contribution in [-0.4, -0.2) is 5.60 Å². The van der Waals surface area contributed by atoms with Gasteiger partial charge in [0.05, 0.1) is 5.70 Å². The molecule has 1 aromatic carbocycles. The Bertz CT molecular complexity index is 659. The molecular weight excluding hydrogens is 247 g/mol. The molecule has 1 fully saturated rings. The van der Waals surface area contributed by atoms with Crippen molar-refractivity contribution in [2.24, 2.45) is 5.73 Å². The predicted octanol–water partition coefficient (Wildman–Crippen LogP) is 1.42. The zero-order valence-corrected chi connectivity index (χ0v) is 9.59. The first kappa shape index (κ1) is 12.6. The van der Waals surface area contributed by atoms with Gasteiger partial charge in [0.1, 0.15) is 30.1 Å². The molecule has 0 aliphatic carbocycles. The van der Waals surface area contributed by atoms with Crippen LogP contribution in [-0.2, 0) is 4.74 Å². The molecule has 2 rings (SSSR count). The first-order valence-corrected chi connectivity index (χ1v) is 5.24. The van der Waals surface area contributed by atoms with Crippen LogP contribution < -0.4 is 5.73 Å². The Morgan fingerprint density at radius 3 is 2.26 bits per heavy atom. The molecule has 6 heteroatoms. The third-order valence-electron chi connectivity index (χ3n) is 2.85. The number of ether oxygens (including phenoxy) is 1. The van der Waals surface area contributed by atoms with Gasteiger partial charge in [0.25, 0.3) is 0 Å². The van der Waals surface area contributed by atoms with Crippen LogP contribution in [0.5, 0.6) is 0 Å². The molecule has 5 nitrogen and oxygen atoms in total. The van der Waals surface area contributed by atoms with Crippen LogP contribution in [0.4, 0.5) is 4.39 Å². The number of allylic oxidation sites excluding steroid dienone is 1. The molecule has 1 heterocycles. The number of epoxide rings is 1. The van der Waals surface area contributed by atoms with Crippen molar-refractivity contribution in [2.45, 2.75) is 11.7 Å². The van der Waals surface area contributed by atoms with E-state index in [1.54, 1.807) is 12.1 Å². The number of nitrogens with zero attached hydrogens (tertiary/aromatic N) is 3. The van der Waals surface area contributed by atoms with Gasteiger partial charge in [0.2, 0.25) is 5.60 Å². The maximum absolute atomic E-state index is 12.8. The predicted molar refractivity (Wildman–Crippen MR) is 61.0 cm³/mol. The fourth-order valence-corrected chi connectivity index (χ4v) is 1.77. The van der Waals surface area contributed by atoms with E-state index in [-0.39, 0.29) is 11.3 Å². The molecule has 0 bridgehead atoms. The molecule has 2 N–H and O–H groups in total. The van der Waals surface area contributed by atoms with Gasteiger partial charge in [0.15, 0.2) is 5.57 Å². The molecular formula is C13H7FN4O. The largest absolute Gasteiger partial charge is 0.397 e. The smallest absolute Gasteiger partial charge is 0.227 e. The summed E-state index contributed by atoms with van der Waals surface area (Å²) in [4.78, 5) is 0. The van der Waals surface area contributed by atoms with Crippen LogP contribution in [0.15, 0.2) is 35.5 Å². The Labute approximate surface area is 108 Å². The van der Waals surface area contributed by atoms with Crippen molar-refractivity contribution in [3.63, 3.8) is 0 Å².